The van der Waals surface area contributed by atoms with Gasteiger partial charge in [-0.05, 0) is 48.9 Å². The molecule has 0 fully saturated rings. The van der Waals surface area contributed by atoms with E-state index in [9.17, 15) is 4.79 Å². The summed E-state index contributed by atoms with van der Waals surface area (Å²) in [6, 6.07) is 14.8. The molecule has 0 unspecified atom stereocenters. The fourth-order valence-electron chi connectivity index (χ4n) is 3.00. The molecule has 1 aliphatic rings. The Kier molecular flexibility index (Phi) is 6.39. The normalized spacial score (nSPS) is 13.4. The predicted octanol–water partition coefficient (Wildman–Crippen LogP) is 4.56. The van der Waals surface area contributed by atoms with Crippen molar-refractivity contribution in [3.63, 3.8) is 0 Å². The van der Waals surface area contributed by atoms with Crippen molar-refractivity contribution in [3.05, 3.63) is 64.7 Å². The SMILES string of the molecule is CCOC(=O)C(=Cc1ccccc1Cl)C1=Nn2c(nnc2-c2ccc(OC)cc2)SC1. The van der Waals surface area contributed by atoms with Crippen LogP contribution in [-0.4, -0.2) is 46.0 Å². The summed E-state index contributed by atoms with van der Waals surface area (Å²) in [5.74, 6) is 1.32. The molecule has 1 aromatic heterocycles. The molecule has 0 bridgehead atoms. The molecule has 0 atom stereocenters. The molecule has 0 radical (unpaired) electrons. The molecule has 0 aliphatic carbocycles. The van der Waals surface area contributed by atoms with Crippen molar-refractivity contribution in [1.29, 1.82) is 0 Å². The summed E-state index contributed by atoms with van der Waals surface area (Å²) in [7, 11) is 1.61. The molecule has 2 heterocycles. The molecule has 0 saturated carbocycles. The second-order valence-electron chi connectivity index (χ2n) is 6.48. The minimum absolute atomic E-state index is 0.258. The third-order valence-corrected chi connectivity index (χ3v) is 5.81. The van der Waals surface area contributed by atoms with Gasteiger partial charge in [0.1, 0.15) is 5.75 Å². The number of aromatic nitrogens is 3. The van der Waals surface area contributed by atoms with Crippen molar-refractivity contribution in [2.75, 3.05) is 19.5 Å². The van der Waals surface area contributed by atoms with Gasteiger partial charge < -0.3 is 9.47 Å². The van der Waals surface area contributed by atoms with Crippen LogP contribution < -0.4 is 4.74 Å². The summed E-state index contributed by atoms with van der Waals surface area (Å²) in [6.45, 7) is 2.02. The highest BCUT2D eigenvalue weighted by atomic mass is 35.5. The smallest absolute Gasteiger partial charge is 0.340 e. The van der Waals surface area contributed by atoms with Gasteiger partial charge in [0.05, 0.1) is 25.0 Å². The van der Waals surface area contributed by atoms with E-state index in [1.807, 2.05) is 42.5 Å². The number of benzene rings is 2. The first-order chi connectivity index (χ1) is 15.1. The van der Waals surface area contributed by atoms with Gasteiger partial charge in [0, 0.05) is 16.3 Å². The molecular formula is C22H19ClN4O3S. The third-order valence-electron chi connectivity index (χ3n) is 4.53. The van der Waals surface area contributed by atoms with Crippen LogP contribution in [-0.2, 0) is 9.53 Å². The Bertz CT molecular complexity index is 1170. The minimum Gasteiger partial charge on any atom is -0.497 e. The standard InChI is InChI=1S/C22H19ClN4O3S/c1-3-30-21(28)17(12-15-6-4-5-7-18(15)23)19-13-31-22-25-24-20(27(22)26-19)14-8-10-16(29-2)11-9-14/h4-12H,3,13H2,1-2H3. The Balaban J connectivity index is 1.77. The Morgan fingerprint density at radius 3 is 2.68 bits per heavy atom. The van der Waals surface area contributed by atoms with Crippen molar-refractivity contribution in [2.45, 2.75) is 12.1 Å². The van der Waals surface area contributed by atoms with E-state index >= 15 is 0 Å². The molecule has 0 amide bonds. The van der Waals surface area contributed by atoms with Crippen molar-refractivity contribution in [2.24, 2.45) is 5.10 Å². The average molecular weight is 455 g/mol. The number of esters is 1. The summed E-state index contributed by atoms with van der Waals surface area (Å²) in [6.07, 6.45) is 1.71. The molecule has 0 N–H and O–H groups in total. The summed E-state index contributed by atoms with van der Waals surface area (Å²) in [4.78, 5) is 12.8. The number of fused-ring (bicyclic) bond motifs is 1. The van der Waals surface area contributed by atoms with E-state index in [1.165, 1.54) is 11.8 Å². The van der Waals surface area contributed by atoms with E-state index in [-0.39, 0.29) is 6.61 Å². The zero-order valence-corrected chi connectivity index (χ0v) is 18.5. The maximum atomic E-state index is 12.8. The van der Waals surface area contributed by atoms with Crippen LogP contribution in [0.25, 0.3) is 17.5 Å². The average Bonchev–Trinajstić information content (AvgIpc) is 3.22. The zero-order chi connectivity index (χ0) is 21.8. The van der Waals surface area contributed by atoms with Crippen LogP contribution in [0.5, 0.6) is 5.75 Å². The van der Waals surface area contributed by atoms with Gasteiger partial charge in [-0.1, -0.05) is 41.6 Å². The lowest BCUT2D eigenvalue weighted by Gasteiger charge is -2.16. The summed E-state index contributed by atoms with van der Waals surface area (Å²) in [5, 5.41) is 14.4. The first kappa shape index (κ1) is 21.1. The van der Waals surface area contributed by atoms with E-state index in [1.54, 1.807) is 30.9 Å². The maximum Gasteiger partial charge on any atom is 0.340 e. The van der Waals surface area contributed by atoms with Crippen molar-refractivity contribution >= 4 is 41.1 Å². The molecule has 0 spiro atoms. The van der Waals surface area contributed by atoms with E-state index in [0.717, 1.165) is 11.3 Å². The largest absolute Gasteiger partial charge is 0.497 e. The second-order valence-corrected chi connectivity index (χ2v) is 7.83. The summed E-state index contributed by atoms with van der Waals surface area (Å²) >= 11 is 7.76. The van der Waals surface area contributed by atoms with E-state index in [0.29, 0.717) is 38.6 Å². The van der Waals surface area contributed by atoms with Gasteiger partial charge in [0.2, 0.25) is 5.16 Å². The first-order valence-corrected chi connectivity index (χ1v) is 10.9. The van der Waals surface area contributed by atoms with E-state index in [4.69, 9.17) is 26.2 Å². The molecule has 3 aromatic rings. The molecule has 0 saturated heterocycles. The predicted molar refractivity (Wildman–Crippen MR) is 122 cm³/mol. The molecule has 4 rings (SSSR count). The molecule has 2 aromatic carbocycles. The fraction of sp³-hybridized carbons (Fsp3) is 0.182. The first-order valence-electron chi connectivity index (χ1n) is 9.55. The highest BCUT2D eigenvalue weighted by molar-refractivity contribution is 7.99. The van der Waals surface area contributed by atoms with Gasteiger partial charge in [-0.3, -0.25) is 0 Å². The van der Waals surface area contributed by atoms with Crippen molar-refractivity contribution in [1.82, 2.24) is 14.9 Å². The van der Waals surface area contributed by atoms with Crippen LogP contribution in [0.2, 0.25) is 5.02 Å². The number of nitrogens with zero attached hydrogens (tertiary/aromatic N) is 4. The van der Waals surface area contributed by atoms with Gasteiger partial charge in [0.25, 0.3) is 0 Å². The van der Waals surface area contributed by atoms with Crippen LogP contribution >= 0.6 is 23.4 Å². The molecule has 1 aliphatic heterocycles. The molecule has 9 heteroatoms. The van der Waals surface area contributed by atoms with Crippen LogP contribution in [0, 0.1) is 0 Å². The highest BCUT2D eigenvalue weighted by Gasteiger charge is 2.25. The topological polar surface area (TPSA) is 78.6 Å². The number of carbonyl (C=O) groups is 1. The molecule has 31 heavy (non-hydrogen) atoms. The number of hydrogen-bond donors (Lipinski definition) is 0. The van der Waals surface area contributed by atoms with Crippen LogP contribution in [0.3, 0.4) is 0 Å². The Labute approximate surface area is 188 Å². The number of hydrogen-bond acceptors (Lipinski definition) is 7. The molecule has 7 nitrogen and oxygen atoms in total. The number of thioether (sulfide) groups is 1. The maximum absolute atomic E-state index is 12.8. The highest BCUT2D eigenvalue weighted by Crippen LogP contribution is 2.30. The van der Waals surface area contributed by atoms with Gasteiger partial charge >= 0.3 is 5.97 Å². The van der Waals surface area contributed by atoms with Gasteiger partial charge in [-0.15, -0.1) is 10.2 Å². The molecular weight excluding hydrogens is 436 g/mol. The van der Waals surface area contributed by atoms with E-state index in [2.05, 4.69) is 10.2 Å². The molecule has 158 valence electrons. The lowest BCUT2D eigenvalue weighted by molar-refractivity contribution is -0.137. The Morgan fingerprint density at radius 1 is 1.19 bits per heavy atom. The third kappa shape index (κ3) is 4.50. The number of halogens is 1. The number of carbonyl (C=O) groups excluding carboxylic acids is 1. The van der Waals surface area contributed by atoms with Crippen LogP contribution in [0.15, 0.2) is 64.4 Å². The van der Waals surface area contributed by atoms with Gasteiger partial charge in [0.15, 0.2) is 5.82 Å². The lowest BCUT2D eigenvalue weighted by atomic mass is 10.1. The van der Waals surface area contributed by atoms with E-state index < -0.39 is 5.97 Å². The quantitative estimate of drug-likeness (QED) is 0.401. The van der Waals surface area contributed by atoms with Crippen molar-refractivity contribution in [3.8, 4) is 17.1 Å². The Morgan fingerprint density at radius 2 is 1.97 bits per heavy atom. The van der Waals surface area contributed by atoms with Crippen LogP contribution in [0.4, 0.5) is 0 Å². The Hall–Kier alpha value is -3.10. The van der Waals surface area contributed by atoms with Crippen molar-refractivity contribution < 1.29 is 14.3 Å². The number of ether oxygens (including phenoxy) is 2. The summed E-state index contributed by atoms with van der Waals surface area (Å²) < 4.78 is 12.1. The zero-order valence-electron chi connectivity index (χ0n) is 16.9. The minimum atomic E-state index is -0.454. The summed E-state index contributed by atoms with van der Waals surface area (Å²) in [5.41, 5.74) is 2.45. The van der Waals surface area contributed by atoms with Gasteiger partial charge in [-0.2, -0.15) is 9.78 Å². The number of rotatable bonds is 6. The number of methoxy groups -OCH3 is 1. The second kappa shape index (κ2) is 9.36. The van der Waals surface area contributed by atoms with Gasteiger partial charge in [-0.25, -0.2) is 4.79 Å². The monoisotopic (exact) mass is 454 g/mol. The lowest BCUT2D eigenvalue weighted by Crippen LogP contribution is -2.21. The van der Waals surface area contributed by atoms with Crippen LogP contribution in [0.1, 0.15) is 12.5 Å². The fourth-order valence-corrected chi connectivity index (χ4v) is 4.01.